The number of esters is 1. The van der Waals surface area contributed by atoms with E-state index in [1.54, 1.807) is 4.68 Å². The zero-order valence-corrected chi connectivity index (χ0v) is 15.2. The summed E-state index contributed by atoms with van der Waals surface area (Å²) in [4.78, 5) is 25.1. The molecule has 0 unspecified atom stereocenters. The number of ether oxygens (including phenoxy) is 1. The van der Waals surface area contributed by atoms with Gasteiger partial charge in [-0.1, -0.05) is 11.8 Å². The van der Waals surface area contributed by atoms with Gasteiger partial charge in [0.2, 0.25) is 11.1 Å². The van der Waals surface area contributed by atoms with Gasteiger partial charge in [-0.05, 0) is 42.7 Å². The van der Waals surface area contributed by atoms with Crippen molar-refractivity contribution in [3.63, 3.8) is 0 Å². The van der Waals surface area contributed by atoms with Gasteiger partial charge in [-0.15, -0.1) is 16.4 Å². The van der Waals surface area contributed by atoms with E-state index in [1.165, 1.54) is 30.2 Å². The summed E-state index contributed by atoms with van der Waals surface area (Å²) in [6.45, 7) is 3.74. The van der Waals surface area contributed by atoms with Gasteiger partial charge in [0.15, 0.2) is 0 Å². The second kappa shape index (κ2) is 6.89. The van der Waals surface area contributed by atoms with Crippen LogP contribution < -0.4 is 5.32 Å². The first-order chi connectivity index (χ1) is 11.5. The largest absolute Gasteiger partial charge is 0.465 e. The number of hydrogen-bond donors (Lipinski definition) is 1. The number of thiophene rings is 1. The number of carbonyl (C=O) groups is 2. The van der Waals surface area contributed by atoms with Crippen LogP contribution >= 0.6 is 23.1 Å². The number of methoxy groups -OCH3 is 1. The van der Waals surface area contributed by atoms with Crippen molar-refractivity contribution in [2.75, 3.05) is 18.2 Å². The molecule has 2 aromatic rings. The van der Waals surface area contributed by atoms with Crippen molar-refractivity contribution in [2.45, 2.75) is 37.9 Å². The molecule has 0 aliphatic heterocycles. The zero-order valence-electron chi connectivity index (χ0n) is 13.5. The Morgan fingerprint density at radius 1 is 1.42 bits per heavy atom. The molecule has 1 amide bonds. The minimum Gasteiger partial charge on any atom is -0.465 e. The molecule has 128 valence electrons. The first-order valence-electron chi connectivity index (χ1n) is 7.40. The predicted octanol–water partition coefficient (Wildman–Crippen LogP) is 2.20. The monoisotopic (exact) mass is 367 g/mol. The standard InChI is InChI=1S/C14H17N5O3S2/c1-7-8(2)24-12(11(7)13(21)22-3)15-10(20)6-23-14-16-17-18-19(14)9-4-5-9/h9H,4-6H2,1-3H3,(H,15,20). The van der Waals surface area contributed by atoms with E-state index in [-0.39, 0.29) is 11.7 Å². The van der Waals surface area contributed by atoms with Crippen LogP contribution in [0.1, 0.15) is 39.7 Å². The van der Waals surface area contributed by atoms with Gasteiger partial charge in [-0.3, -0.25) is 4.79 Å². The molecule has 0 spiro atoms. The van der Waals surface area contributed by atoms with Gasteiger partial charge in [0.05, 0.1) is 24.5 Å². The highest BCUT2D eigenvalue weighted by atomic mass is 32.2. The molecule has 24 heavy (non-hydrogen) atoms. The quantitative estimate of drug-likeness (QED) is 0.617. The molecule has 0 aromatic carbocycles. The van der Waals surface area contributed by atoms with E-state index in [9.17, 15) is 9.59 Å². The molecule has 0 atom stereocenters. The van der Waals surface area contributed by atoms with Crippen molar-refractivity contribution in [3.8, 4) is 0 Å². The molecule has 10 heteroatoms. The summed E-state index contributed by atoms with van der Waals surface area (Å²) < 4.78 is 6.56. The average molecular weight is 367 g/mol. The lowest BCUT2D eigenvalue weighted by Gasteiger charge is -2.06. The molecule has 0 radical (unpaired) electrons. The number of hydrogen-bond acceptors (Lipinski definition) is 8. The highest BCUT2D eigenvalue weighted by Crippen LogP contribution is 2.36. The summed E-state index contributed by atoms with van der Waals surface area (Å²) in [5, 5.41) is 15.5. The fraction of sp³-hybridized carbons (Fsp3) is 0.500. The number of rotatable bonds is 6. The number of anilines is 1. The number of tetrazole rings is 1. The Hall–Kier alpha value is -1.94. The molecule has 2 heterocycles. The van der Waals surface area contributed by atoms with Crippen molar-refractivity contribution in [1.29, 1.82) is 0 Å². The van der Waals surface area contributed by atoms with E-state index in [0.29, 0.717) is 21.8 Å². The molecule has 0 saturated heterocycles. The third-order valence-electron chi connectivity index (χ3n) is 3.72. The highest BCUT2D eigenvalue weighted by molar-refractivity contribution is 7.99. The van der Waals surface area contributed by atoms with Crippen LogP contribution in [0.15, 0.2) is 5.16 Å². The third-order valence-corrected chi connectivity index (χ3v) is 5.77. The zero-order chi connectivity index (χ0) is 17.3. The number of nitrogens with zero attached hydrogens (tertiary/aromatic N) is 4. The predicted molar refractivity (Wildman–Crippen MR) is 90.6 cm³/mol. The molecule has 2 aromatic heterocycles. The van der Waals surface area contributed by atoms with Crippen molar-refractivity contribution in [1.82, 2.24) is 20.2 Å². The van der Waals surface area contributed by atoms with Crippen LogP contribution in [-0.2, 0) is 9.53 Å². The summed E-state index contributed by atoms with van der Waals surface area (Å²) in [5.41, 5.74) is 1.24. The lowest BCUT2D eigenvalue weighted by molar-refractivity contribution is -0.113. The van der Waals surface area contributed by atoms with Gasteiger partial charge in [-0.2, -0.15) is 0 Å². The minimum atomic E-state index is -0.447. The molecule has 1 saturated carbocycles. The first kappa shape index (κ1) is 16.9. The second-order valence-corrected chi connectivity index (χ2v) is 7.62. The van der Waals surface area contributed by atoms with Crippen LogP contribution in [0.2, 0.25) is 0 Å². The molecule has 8 nitrogen and oxygen atoms in total. The van der Waals surface area contributed by atoms with Gasteiger partial charge in [0.25, 0.3) is 0 Å². The summed E-state index contributed by atoms with van der Waals surface area (Å²) in [7, 11) is 1.33. The fourth-order valence-electron chi connectivity index (χ4n) is 2.18. The second-order valence-electron chi connectivity index (χ2n) is 5.45. The SMILES string of the molecule is COC(=O)c1c(NC(=O)CSc2nnnn2C2CC2)sc(C)c1C. The van der Waals surface area contributed by atoms with E-state index < -0.39 is 5.97 Å². The van der Waals surface area contributed by atoms with Crippen LogP contribution in [-0.4, -0.2) is 44.9 Å². The van der Waals surface area contributed by atoms with Crippen LogP contribution in [0.25, 0.3) is 0 Å². The molecule has 0 bridgehead atoms. The van der Waals surface area contributed by atoms with Crippen LogP contribution in [0.4, 0.5) is 5.00 Å². The molecule has 1 aliphatic carbocycles. The van der Waals surface area contributed by atoms with E-state index in [1.807, 2.05) is 13.8 Å². The maximum Gasteiger partial charge on any atom is 0.341 e. The lowest BCUT2D eigenvalue weighted by atomic mass is 10.1. The van der Waals surface area contributed by atoms with Crippen LogP contribution in [0.5, 0.6) is 0 Å². The Labute approximate surface area is 147 Å². The first-order valence-corrected chi connectivity index (χ1v) is 9.20. The Kier molecular flexibility index (Phi) is 4.86. The van der Waals surface area contributed by atoms with Gasteiger partial charge in [0, 0.05) is 4.88 Å². The normalized spacial score (nSPS) is 13.8. The van der Waals surface area contributed by atoms with E-state index in [2.05, 4.69) is 20.8 Å². The molecule has 1 aliphatic rings. The number of thioether (sulfide) groups is 1. The highest BCUT2D eigenvalue weighted by Gasteiger charge is 2.28. The van der Waals surface area contributed by atoms with E-state index >= 15 is 0 Å². The maximum atomic E-state index is 12.2. The fourth-order valence-corrected chi connectivity index (χ4v) is 3.99. The maximum absolute atomic E-state index is 12.2. The van der Waals surface area contributed by atoms with E-state index in [0.717, 1.165) is 23.3 Å². The van der Waals surface area contributed by atoms with Gasteiger partial charge < -0.3 is 10.1 Å². The van der Waals surface area contributed by atoms with Crippen molar-refractivity contribution < 1.29 is 14.3 Å². The van der Waals surface area contributed by atoms with Crippen molar-refractivity contribution in [3.05, 3.63) is 16.0 Å². The van der Waals surface area contributed by atoms with Crippen LogP contribution in [0.3, 0.4) is 0 Å². The Bertz CT molecular complexity index is 781. The molecule has 1 N–H and O–H groups in total. The van der Waals surface area contributed by atoms with E-state index in [4.69, 9.17) is 4.74 Å². The summed E-state index contributed by atoms with van der Waals surface area (Å²) >= 11 is 2.65. The topological polar surface area (TPSA) is 99.0 Å². The molecular weight excluding hydrogens is 350 g/mol. The number of carbonyl (C=O) groups excluding carboxylic acids is 2. The van der Waals surface area contributed by atoms with Gasteiger partial charge >= 0.3 is 5.97 Å². The summed E-state index contributed by atoms with van der Waals surface area (Å²) in [6, 6.07) is 0.360. The molecule has 1 fully saturated rings. The summed E-state index contributed by atoms with van der Waals surface area (Å²) in [6.07, 6.45) is 2.14. The number of aromatic nitrogens is 4. The number of nitrogens with one attached hydrogen (secondary N) is 1. The lowest BCUT2D eigenvalue weighted by Crippen LogP contribution is -2.16. The van der Waals surface area contributed by atoms with Crippen molar-refractivity contribution >= 4 is 40.0 Å². The molecule has 3 rings (SSSR count). The summed E-state index contributed by atoms with van der Waals surface area (Å²) in [5.74, 6) is -0.488. The Balaban J connectivity index is 1.66. The van der Waals surface area contributed by atoms with Crippen molar-refractivity contribution in [2.24, 2.45) is 0 Å². The Morgan fingerprint density at radius 3 is 2.83 bits per heavy atom. The minimum absolute atomic E-state index is 0.170. The molecular formula is C14H17N5O3S2. The third kappa shape index (κ3) is 3.44. The number of aryl methyl sites for hydroxylation is 1. The van der Waals surface area contributed by atoms with Gasteiger partial charge in [-0.25, -0.2) is 9.48 Å². The average Bonchev–Trinajstić information content (AvgIpc) is 3.23. The van der Waals surface area contributed by atoms with Crippen LogP contribution in [0, 0.1) is 13.8 Å². The number of amides is 1. The smallest absolute Gasteiger partial charge is 0.341 e. The van der Waals surface area contributed by atoms with Gasteiger partial charge in [0.1, 0.15) is 5.00 Å². The Morgan fingerprint density at radius 2 is 2.17 bits per heavy atom.